The molecule has 2 aromatic heterocycles. The van der Waals surface area contributed by atoms with Gasteiger partial charge < -0.3 is 11.1 Å². The van der Waals surface area contributed by atoms with Gasteiger partial charge in [0.2, 0.25) is 0 Å². The van der Waals surface area contributed by atoms with Crippen molar-refractivity contribution >= 4 is 29.2 Å². The number of aliphatic imine (C=N–C) groups is 1. The van der Waals surface area contributed by atoms with Crippen LogP contribution in [-0.4, -0.2) is 20.5 Å². The summed E-state index contributed by atoms with van der Waals surface area (Å²) >= 11 is 12.1. The summed E-state index contributed by atoms with van der Waals surface area (Å²) in [5.41, 5.74) is 7.84. The predicted molar refractivity (Wildman–Crippen MR) is 105 cm³/mol. The van der Waals surface area contributed by atoms with Gasteiger partial charge in [0.1, 0.15) is 12.1 Å². The van der Waals surface area contributed by atoms with E-state index < -0.39 is 0 Å². The molecule has 0 amide bonds. The third-order valence-electron chi connectivity index (χ3n) is 3.80. The topological polar surface area (TPSA) is 81.1 Å². The zero-order valence-corrected chi connectivity index (χ0v) is 15.6. The van der Waals surface area contributed by atoms with E-state index in [2.05, 4.69) is 20.3 Å². The Morgan fingerprint density at radius 1 is 1.31 bits per heavy atom. The molecule has 8 heteroatoms. The summed E-state index contributed by atoms with van der Waals surface area (Å²) in [5.74, 6) is 1.13. The summed E-state index contributed by atoms with van der Waals surface area (Å²) in [6, 6.07) is 9.14. The molecule has 0 radical (unpaired) electrons. The van der Waals surface area contributed by atoms with Crippen molar-refractivity contribution in [2.45, 2.75) is 19.5 Å². The van der Waals surface area contributed by atoms with Crippen LogP contribution in [0.3, 0.4) is 0 Å². The highest BCUT2D eigenvalue weighted by molar-refractivity contribution is 6.35. The number of nitrogens with zero attached hydrogens (tertiary/aromatic N) is 4. The van der Waals surface area contributed by atoms with Gasteiger partial charge in [-0.3, -0.25) is 4.57 Å². The van der Waals surface area contributed by atoms with Crippen molar-refractivity contribution in [2.24, 2.45) is 10.7 Å². The quantitative estimate of drug-likeness (QED) is 0.515. The van der Waals surface area contributed by atoms with E-state index in [1.807, 2.05) is 35.9 Å². The van der Waals surface area contributed by atoms with Crippen LogP contribution >= 0.6 is 23.2 Å². The zero-order chi connectivity index (χ0) is 18.5. The first-order valence-corrected chi connectivity index (χ1v) is 8.73. The number of nitrogens with two attached hydrogens (primary N) is 1. The molecule has 2 heterocycles. The number of aromatic nitrogens is 3. The van der Waals surface area contributed by atoms with Gasteiger partial charge in [-0.05, 0) is 36.2 Å². The minimum atomic E-state index is -0.0924. The van der Waals surface area contributed by atoms with Crippen molar-refractivity contribution < 1.29 is 0 Å². The van der Waals surface area contributed by atoms with Crippen molar-refractivity contribution in [1.29, 1.82) is 0 Å². The maximum absolute atomic E-state index is 6.22. The van der Waals surface area contributed by atoms with Crippen LogP contribution in [0.4, 0.5) is 0 Å². The van der Waals surface area contributed by atoms with Crippen LogP contribution in [0.5, 0.6) is 0 Å². The predicted octanol–water partition coefficient (Wildman–Crippen LogP) is 3.74. The molecule has 6 nitrogen and oxygen atoms in total. The monoisotopic (exact) mass is 388 g/mol. The molecule has 0 saturated carbocycles. The minimum absolute atomic E-state index is 0.0924. The van der Waals surface area contributed by atoms with Gasteiger partial charge in [-0.15, -0.1) is 0 Å². The first kappa shape index (κ1) is 18.2. The van der Waals surface area contributed by atoms with Gasteiger partial charge in [0.05, 0.1) is 12.6 Å². The largest absolute Gasteiger partial charge is 0.370 e. The van der Waals surface area contributed by atoms with Crippen LogP contribution in [0.2, 0.25) is 10.0 Å². The van der Waals surface area contributed by atoms with Crippen LogP contribution in [0.15, 0.2) is 60.2 Å². The lowest BCUT2D eigenvalue weighted by Crippen LogP contribution is -2.34. The first-order valence-electron chi connectivity index (χ1n) is 7.97. The van der Waals surface area contributed by atoms with Gasteiger partial charge in [0, 0.05) is 28.6 Å². The molecule has 1 atom stereocenters. The summed E-state index contributed by atoms with van der Waals surface area (Å²) in [7, 11) is 0. The average molecular weight is 389 g/mol. The van der Waals surface area contributed by atoms with Crippen molar-refractivity contribution in [3.05, 3.63) is 76.4 Å². The average Bonchev–Trinajstić information content (AvgIpc) is 3.15. The molecule has 26 heavy (non-hydrogen) atoms. The van der Waals surface area contributed by atoms with E-state index in [1.165, 1.54) is 0 Å². The summed E-state index contributed by atoms with van der Waals surface area (Å²) in [5, 5.41) is 4.31. The number of hydrogen-bond acceptors (Lipinski definition) is 3. The Kier molecular flexibility index (Phi) is 5.75. The Hall–Kier alpha value is -2.57. The molecule has 0 aliphatic heterocycles. The van der Waals surface area contributed by atoms with Gasteiger partial charge in [0.15, 0.2) is 5.96 Å². The smallest absolute Gasteiger partial charge is 0.189 e. The number of rotatable bonds is 5. The highest BCUT2D eigenvalue weighted by Crippen LogP contribution is 2.25. The Morgan fingerprint density at radius 2 is 2.15 bits per heavy atom. The lowest BCUT2D eigenvalue weighted by Gasteiger charge is -2.16. The number of nitrogens with one attached hydrogen (secondary N) is 1. The fourth-order valence-corrected chi connectivity index (χ4v) is 3.00. The molecule has 1 unspecified atom stereocenters. The van der Waals surface area contributed by atoms with Crippen LogP contribution < -0.4 is 11.1 Å². The highest BCUT2D eigenvalue weighted by Gasteiger charge is 2.10. The summed E-state index contributed by atoms with van der Waals surface area (Å²) in [6.07, 6.45) is 7.02. The van der Waals surface area contributed by atoms with Crippen molar-refractivity contribution in [1.82, 2.24) is 19.9 Å². The van der Waals surface area contributed by atoms with Crippen LogP contribution in [-0.2, 0) is 6.54 Å². The zero-order valence-electron chi connectivity index (χ0n) is 14.1. The van der Waals surface area contributed by atoms with Crippen molar-refractivity contribution in [3.63, 3.8) is 0 Å². The van der Waals surface area contributed by atoms with Gasteiger partial charge >= 0.3 is 0 Å². The summed E-state index contributed by atoms with van der Waals surface area (Å²) < 4.78 is 1.83. The second kappa shape index (κ2) is 8.21. The standard InChI is InChI=1S/C18H18Cl2N6/c1-12(15-4-3-14(19)8-16(15)20)25-18(21)24-10-13-2-5-17(23-9-13)26-7-6-22-11-26/h2-9,11-12H,10H2,1H3,(H3,21,24,25). The third kappa shape index (κ3) is 4.53. The fourth-order valence-electron chi connectivity index (χ4n) is 2.43. The lowest BCUT2D eigenvalue weighted by atomic mass is 10.1. The number of imidazole rings is 1. The first-order chi connectivity index (χ1) is 12.5. The minimum Gasteiger partial charge on any atom is -0.370 e. The molecule has 134 valence electrons. The highest BCUT2D eigenvalue weighted by atomic mass is 35.5. The molecule has 3 rings (SSSR count). The molecule has 0 fully saturated rings. The molecule has 0 saturated heterocycles. The molecule has 0 bridgehead atoms. The van der Waals surface area contributed by atoms with E-state index in [1.54, 1.807) is 30.9 Å². The summed E-state index contributed by atoms with van der Waals surface area (Å²) in [4.78, 5) is 12.7. The van der Waals surface area contributed by atoms with E-state index in [0.717, 1.165) is 16.9 Å². The van der Waals surface area contributed by atoms with Crippen molar-refractivity contribution in [2.75, 3.05) is 0 Å². The number of benzene rings is 1. The maximum atomic E-state index is 6.22. The van der Waals surface area contributed by atoms with Gasteiger partial charge in [-0.25, -0.2) is 15.0 Å². The fraction of sp³-hybridized carbons (Fsp3) is 0.167. The Morgan fingerprint density at radius 3 is 2.81 bits per heavy atom. The van der Waals surface area contributed by atoms with Gasteiger partial charge in [-0.1, -0.05) is 35.3 Å². The third-order valence-corrected chi connectivity index (χ3v) is 4.37. The number of hydrogen-bond donors (Lipinski definition) is 2. The maximum Gasteiger partial charge on any atom is 0.189 e. The SMILES string of the molecule is CC(NC(N)=NCc1ccc(-n2ccnc2)nc1)c1ccc(Cl)cc1Cl. The Balaban J connectivity index is 1.61. The van der Waals surface area contributed by atoms with Gasteiger partial charge in [0.25, 0.3) is 0 Å². The van der Waals surface area contributed by atoms with Crippen LogP contribution in [0, 0.1) is 0 Å². The molecule has 3 N–H and O–H groups in total. The van der Waals surface area contributed by atoms with Crippen LogP contribution in [0.1, 0.15) is 24.1 Å². The van der Waals surface area contributed by atoms with Gasteiger partial charge in [-0.2, -0.15) is 0 Å². The Labute approximate surface area is 161 Å². The molecular formula is C18H18Cl2N6. The number of pyridine rings is 1. The summed E-state index contributed by atoms with van der Waals surface area (Å²) in [6.45, 7) is 2.38. The van der Waals surface area contributed by atoms with E-state index in [0.29, 0.717) is 22.5 Å². The molecular weight excluding hydrogens is 371 g/mol. The van der Waals surface area contributed by atoms with Crippen LogP contribution in [0.25, 0.3) is 5.82 Å². The van der Waals surface area contributed by atoms with Crippen molar-refractivity contribution in [3.8, 4) is 5.82 Å². The van der Waals surface area contributed by atoms with E-state index >= 15 is 0 Å². The lowest BCUT2D eigenvalue weighted by molar-refractivity contribution is 0.708. The number of halogens is 2. The second-order valence-electron chi connectivity index (χ2n) is 5.73. The Bertz CT molecular complexity index is 891. The molecule has 0 aliphatic rings. The van der Waals surface area contributed by atoms with E-state index in [4.69, 9.17) is 28.9 Å². The normalized spacial score (nSPS) is 12.8. The van der Waals surface area contributed by atoms with E-state index in [9.17, 15) is 0 Å². The molecule has 0 spiro atoms. The molecule has 1 aromatic carbocycles. The number of guanidine groups is 1. The second-order valence-corrected chi connectivity index (χ2v) is 6.57. The van der Waals surface area contributed by atoms with E-state index in [-0.39, 0.29) is 6.04 Å². The molecule has 0 aliphatic carbocycles. The molecule has 3 aromatic rings.